The van der Waals surface area contributed by atoms with Gasteiger partial charge in [-0.15, -0.1) is 0 Å². The van der Waals surface area contributed by atoms with E-state index in [1.54, 1.807) is 60.0 Å². The first-order valence-electron chi connectivity index (χ1n) is 11.1. The van der Waals surface area contributed by atoms with Crippen molar-refractivity contribution in [2.45, 2.75) is 59.4 Å². The van der Waals surface area contributed by atoms with Crippen LogP contribution in [0.1, 0.15) is 47.1 Å². The van der Waals surface area contributed by atoms with Gasteiger partial charge >= 0.3 is 12.2 Å². The molecule has 0 saturated carbocycles. The van der Waals surface area contributed by atoms with E-state index >= 15 is 0 Å². The zero-order valence-electron chi connectivity index (χ0n) is 20.8. The Labute approximate surface area is 205 Å². The fourth-order valence-corrected chi connectivity index (χ4v) is 2.89. The molecule has 3 rings (SSSR count). The molecule has 0 fully saturated rings. The first-order valence-corrected chi connectivity index (χ1v) is 11.1. The molecule has 0 atom stereocenters. The van der Waals surface area contributed by atoms with Crippen LogP contribution in [0.3, 0.4) is 0 Å². The number of imide groups is 1. The Balaban J connectivity index is 1.95. The number of carbonyl (C=O) groups is 2. The number of rotatable bonds is 5. The molecule has 9 nitrogen and oxygen atoms in total. The molecule has 0 N–H and O–H groups in total. The molecular weight excluding hydrogens is 448 g/mol. The van der Waals surface area contributed by atoms with Crippen LogP contribution in [0.15, 0.2) is 61.1 Å². The lowest BCUT2D eigenvalue weighted by Crippen LogP contribution is -2.44. The maximum atomic E-state index is 13.0. The summed E-state index contributed by atoms with van der Waals surface area (Å²) in [6.07, 6.45) is 2.77. The highest BCUT2D eigenvalue weighted by atomic mass is 16.6. The molecule has 0 aliphatic carbocycles. The van der Waals surface area contributed by atoms with E-state index < -0.39 is 23.4 Å². The number of aromatic nitrogens is 3. The number of benzene rings is 1. The van der Waals surface area contributed by atoms with Crippen molar-refractivity contribution < 1.29 is 23.8 Å². The van der Waals surface area contributed by atoms with E-state index in [0.29, 0.717) is 17.9 Å². The first-order chi connectivity index (χ1) is 16.4. The zero-order valence-corrected chi connectivity index (χ0v) is 20.8. The lowest BCUT2D eigenvalue weighted by atomic mass is 10.2. The molecule has 0 spiro atoms. The van der Waals surface area contributed by atoms with Gasteiger partial charge in [0.1, 0.15) is 23.6 Å². The van der Waals surface area contributed by atoms with E-state index in [-0.39, 0.29) is 11.6 Å². The van der Waals surface area contributed by atoms with E-state index in [0.717, 1.165) is 10.5 Å². The Hall–Kier alpha value is -4.01. The number of carbonyl (C=O) groups excluding carboxylic acids is 2. The smallest absolute Gasteiger partial charge is 0.425 e. The van der Waals surface area contributed by atoms with Gasteiger partial charge in [0.25, 0.3) is 0 Å². The van der Waals surface area contributed by atoms with Gasteiger partial charge in [-0.25, -0.2) is 19.6 Å². The topological polar surface area (TPSA) is 104 Å². The highest BCUT2D eigenvalue weighted by Crippen LogP contribution is 2.29. The Morgan fingerprint density at radius 1 is 0.857 bits per heavy atom. The van der Waals surface area contributed by atoms with Crippen LogP contribution in [-0.4, -0.2) is 38.3 Å². The molecule has 0 radical (unpaired) electrons. The standard InChI is InChI=1S/C26H30N4O5/c1-25(2,3)34-23(31)30(24(32)35-26(4,5)6)21-13-15-28-22(29-21)19-16-27-14-12-20(19)33-17-18-10-8-7-9-11-18/h7-16H,17H2,1-6H3. The summed E-state index contributed by atoms with van der Waals surface area (Å²) in [7, 11) is 0. The molecule has 9 heteroatoms. The van der Waals surface area contributed by atoms with Crippen LogP contribution < -0.4 is 9.64 Å². The third-order valence-corrected chi connectivity index (χ3v) is 4.28. The molecule has 1 aromatic carbocycles. The van der Waals surface area contributed by atoms with Gasteiger partial charge in [0, 0.05) is 24.7 Å². The minimum atomic E-state index is -0.914. The third-order valence-electron chi connectivity index (χ3n) is 4.28. The number of amides is 2. The van der Waals surface area contributed by atoms with Crippen molar-refractivity contribution in [3.05, 3.63) is 66.6 Å². The van der Waals surface area contributed by atoms with Crippen molar-refractivity contribution in [2.75, 3.05) is 4.90 Å². The second-order valence-corrected chi connectivity index (χ2v) is 9.68. The summed E-state index contributed by atoms with van der Waals surface area (Å²) in [6, 6.07) is 12.8. The molecule has 0 unspecified atom stereocenters. The minimum Gasteiger partial charge on any atom is -0.488 e. The lowest BCUT2D eigenvalue weighted by molar-refractivity contribution is 0.0429. The van der Waals surface area contributed by atoms with E-state index in [4.69, 9.17) is 14.2 Å². The predicted octanol–water partition coefficient (Wildman–Crippen LogP) is 5.79. The number of nitrogens with zero attached hydrogens (tertiary/aromatic N) is 4. The van der Waals surface area contributed by atoms with Gasteiger partial charge < -0.3 is 14.2 Å². The highest BCUT2D eigenvalue weighted by molar-refractivity contribution is 6.08. The highest BCUT2D eigenvalue weighted by Gasteiger charge is 2.34. The second kappa shape index (κ2) is 10.5. The van der Waals surface area contributed by atoms with Crippen LogP contribution in [0.25, 0.3) is 11.4 Å². The van der Waals surface area contributed by atoms with Gasteiger partial charge in [0.15, 0.2) is 11.6 Å². The second-order valence-electron chi connectivity index (χ2n) is 9.68. The van der Waals surface area contributed by atoms with Crippen LogP contribution in [0.4, 0.5) is 15.4 Å². The molecule has 0 saturated heterocycles. The molecule has 2 heterocycles. The van der Waals surface area contributed by atoms with E-state index in [1.807, 2.05) is 30.3 Å². The summed E-state index contributed by atoms with van der Waals surface area (Å²) in [5, 5.41) is 0. The molecule has 2 amide bonds. The predicted molar refractivity (Wildman–Crippen MR) is 131 cm³/mol. The van der Waals surface area contributed by atoms with Crippen LogP contribution in [-0.2, 0) is 16.1 Å². The van der Waals surface area contributed by atoms with Gasteiger partial charge in [0.05, 0.1) is 5.56 Å². The van der Waals surface area contributed by atoms with Crippen LogP contribution >= 0.6 is 0 Å². The number of anilines is 1. The molecule has 0 aliphatic rings. The molecule has 2 aromatic heterocycles. The molecular formula is C26H30N4O5. The molecule has 184 valence electrons. The number of hydrogen-bond donors (Lipinski definition) is 0. The van der Waals surface area contributed by atoms with E-state index in [1.165, 1.54) is 12.3 Å². The van der Waals surface area contributed by atoms with Crippen LogP contribution in [0.2, 0.25) is 0 Å². The van der Waals surface area contributed by atoms with Crippen molar-refractivity contribution >= 4 is 18.0 Å². The number of pyridine rings is 1. The summed E-state index contributed by atoms with van der Waals surface area (Å²) in [4.78, 5) is 39.6. The number of ether oxygens (including phenoxy) is 3. The first kappa shape index (κ1) is 25.6. The average molecular weight is 479 g/mol. The maximum Gasteiger partial charge on any atom is 0.425 e. The number of hydrogen-bond acceptors (Lipinski definition) is 8. The fraction of sp³-hybridized carbons (Fsp3) is 0.346. The largest absolute Gasteiger partial charge is 0.488 e. The summed E-state index contributed by atoms with van der Waals surface area (Å²) in [5.74, 6) is 0.717. The third kappa shape index (κ3) is 7.49. The van der Waals surface area contributed by atoms with E-state index in [2.05, 4.69) is 15.0 Å². The summed E-state index contributed by atoms with van der Waals surface area (Å²) in [6.45, 7) is 10.6. The van der Waals surface area contributed by atoms with Gasteiger partial charge in [-0.3, -0.25) is 4.98 Å². The van der Waals surface area contributed by atoms with E-state index in [9.17, 15) is 9.59 Å². The van der Waals surface area contributed by atoms with Gasteiger partial charge in [0.2, 0.25) is 0 Å². The fourth-order valence-electron chi connectivity index (χ4n) is 2.89. The SMILES string of the molecule is CC(C)(C)OC(=O)N(C(=O)OC(C)(C)C)c1ccnc(-c2cnccc2OCc2ccccc2)n1. The van der Waals surface area contributed by atoms with Gasteiger partial charge in [-0.05, 0) is 53.2 Å². The Morgan fingerprint density at radius 2 is 1.49 bits per heavy atom. The van der Waals surface area contributed by atoms with Crippen molar-refractivity contribution in [1.82, 2.24) is 15.0 Å². The molecule has 0 aliphatic heterocycles. The molecule has 0 bridgehead atoms. The average Bonchev–Trinajstić information content (AvgIpc) is 2.76. The summed E-state index contributed by atoms with van der Waals surface area (Å²) >= 11 is 0. The van der Waals surface area contributed by atoms with Crippen LogP contribution in [0, 0.1) is 0 Å². The minimum absolute atomic E-state index is 0.00337. The zero-order chi connectivity index (χ0) is 25.6. The lowest BCUT2D eigenvalue weighted by Gasteiger charge is -2.28. The maximum absolute atomic E-state index is 13.0. The van der Waals surface area contributed by atoms with Crippen molar-refractivity contribution in [2.24, 2.45) is 0 Å². The molecule has 35 heavy (non-hydrogen) atoms. The quantitative estimate of drug-likeness (QED) is 0.454. The normalized spacial score (nSPS) is 11.5. The van der Waals surface area contributed by atoms with Crippen molar-refractivity contribution in [3.8, 4) is 17.1 Å². The monoisotopic (exact) mass is 478 g/mol. The van der Waals surface area contributed by atoms with Gasteiger partial charge in [-0.2, -0.15) is 4.90 Å². The molecule has 3 aromatic rings. The van der Waals surface area contributed by atoms with Crippen LogP contribution in [0.5, 0.6) is 5.75 Å². The van der Waals surface area contributed by atoms with Crippen molar-refractivity contribution in [3.63, 3.8) is 0 Å². The Bertz CT molecular complexity index is 1140. The van der Waals surface area contributed by atoms with Crippen molar-refractivity contribution in [1.29, 1.82) is 0 Å². The summed E-state index contributed by atoms with van der Waals surface area (Å²) in [5.41, 5.74) is -0.186. The van der Waals surface area contributed by atoms with Gasteiger partial charge in [-0.1, -0.05) is 30.3 Å². The Kier molecular flexibility index (Phi) is 7.68. The summed E-state index contributed by atoms with van der Waals surface area (Å²) < 4.78 is 16.9. The Morgan fingerprint density at radius 3 is 2.09 bits per heavy atom.